The molecule has 1 fully saturated rings. The molecule has 0 radical (unpaired) electrons. The van der Waals surface area contributed by atoms with Crippen molar-refractivity contribution >= 4 is 5.97 Å². The highest BCUT2D eigenvalue weighted by Gasteiger charge is 2.29. The molecular formula is C14H18FNO3. The van der Waals surface area contributed by atoms with Crippen LogP contribution in [0.1, 0.15) is 18.6 Å². The normalized spacial score (nSPS) is 21.9. The maximum absolute atomic E-state index is 12.9. The third kappa shape index (κ3) is 3.30. The van der Waals surface area contributed by atoms with Gasteiger partial charge in [-0.05, 0) is 24.6 Å². The zero-order valence-corrected chi connectivity index (χ0v) is 11.1. The van der Waals surface area contributed by atoms with Crippen molar-refractivity contribution in [2.45, 2.75) is 19.1 Å². The number of halogens is 1. The summed E-state index contributed by atoms with van der Waals surface area (Å²) in [6.45, 7) is 3.65. The fourth-order valence-corrected chi connectivity index (χ4v) is 2.22. The maximum atomic E-state index is 12.9. The number of carbonyl (C=O) groups is 1. The van der Waals surface area contributed by atoms with Crippen molar-refractivity contribution in [2.75, 3.05) is 26.8 Å². The number of methoxy groups -OCH3 is 1. The van der Waals surface area contributed by atoms with Gasteiger partial charge in [-0.1, -0.05) is 12.1 Å². The number of nitrogens with zero attached hydrogens (tertiary/aromatic N) is 1. The second-order valence-corrected chi connectivity index (χ2v) is 4.61. The molecule has 1 saturated heterocycles. The van der Waals surface area contributed by atoms with Crippen LogP contribution in [0.5, 0.6) is 0 Å². The third-order valence-corrected chi connectivity index (χ3v) is 3.43. The van der Waals surface area contributed by atoms with E-state index in [9.17, 15) is 9.18 Å². The summed E-state index contributed by atoms with van der Waals surface area (Å²) in [6.07, 6.45) is -0.138. The molecule has 2 rings (SSSR count). The molecule has 1 aliphatic heterocycles. The van der Waals surface area contributed by atoms with E-state index in [2.05, 4.69) is 0 Å². The first-order chi connectivity index (χ1) is 9.11. The molecule has 4 nitrogen and oxygen atoms in total. The van der Waals surface area contributed by atoms with Crippen LogP contribution in [0.4, 0.5) is 4.39 Å². The lowest BCUT2D eigenvalue weighted by Gasteiger charge is -2.35. The number of carbonyl (C=O) groups excluding carboxylic acids is 1. The van der Waals surface area contributed by atoms with E-state index in [-0.39, 0.29) is 23.9 Å². The van der Waals surface area contributed by atoms with E-state index >= 15 is 0 Å². The summed E-state index contributed by atoms with van der Waals surface area (Å²) in [5.74, 6) is -0.515. The minimum absolute atomic E-state index is 0.138. The number of benzene rings is 1. The van der Waals surface area contributed by atoms with Crippen LogP contribution in [0.25, 0.3) is 0 Å². The predicted octanol–water partition coefficient (Wildman–Crippen LogP) is 1.76. The molecule has 2 atom stereocenters. The first-order valence-electron chi connectivity index (χ1n) is 6.30. The molecule has 0 bridgehead atoms. The van der Waals surface area contributed by atoms with Crippen molar-refractivity contribution < 1.29 is 18.7 Å². The van der Waals surface area contributed by atoms with Gasteiger partial charge < -0.3 is 9.47 Å². The number of esters is 1. The van der Waals surface area contributed by atoms with Gasteiger partial charge in [0.15, 0.2) is 0 Å². The van der Waals surface area contributed by atoms with Crippen LogP contribution in [0, 0.1) is 5.82 Å². The number of hydrogen-bond acceptors (Lipinski definition) is 4. The van der Waals surface area contributed by atoms with Crippen LogP contribution in [-0.2, 0) is 14.3 Å². The SMILES string of the molecule is COC(=O)[C@@H](C)N1CCO[C@@H](c2ccc(F)cc2)C1. The molecule has 0 saturated carbocycles. The minimum atomic E-state index is -0.295. The number of ether oxygens (including phenoxy) is 2. The molecule has 104 valence electrons. The van der Waals surface area contributed by atoms with Gasteiger partial charge in [-0.15, -0.1) is 0 Å². The van der Waals surface area contributed by atoms with Gasteiger partial charge in [0.2, 0.25) is 0 Å². The van der Waals surface area contributed by atoms with Gasteiger partial charge in [0, 0.05) is 13.1 Å². The van der Waals surface area contributed by atoms with E-state index in [1.165, 1.54) is 19.2 Å². The lowest BCUT2D eigenvalue weighted by Crippen LogP contribution is -2.47. The first-order valence-corrected chi connectivity index (χ1v) is 6.30. The molecule has 1 aromatic carbocycles. The van der Waals surface area contributed by atoms with E-state index in [0.717, 1.165) is 5.56 Å². The summed E-state index contributed by atoms with van der Waals surface area (Å²) in [5, 5.41) is 0. The molecule has 0 unspecified atom stereocenters. The van der Waals surface area contributed by atoms with E-state index in [0.29, 0.717) is 19.7 Å². The Kier molecular flexibility index (Phi) is 4.50. The van der Waals surface area contributed by atoms with Gasteiger partial charge in [-0.3, -0.25) is 9.69 Å². The van der Waals surface area contributed by atoms with Crippen molar-refractivity contribution in [3.05, 3.63) is 35.6 Å². The molecule has 0 aliphatic carbocycles. The van der Waals surface area contributed by atoms with Gasteiger partial charge >= 0.3 is 5.97 Å². The minimum Gasteiger partial charge on any atom is -0.468 e. The number of rotatable bonds is 3. The summed E-state index contributed by atoms with van der Waals surface area (Å²) in [4.78, 5) is 13.6. The Hall–Kier alpha value is -1.46. The Morgan fingerprint density at radius 3 is 2.79 bits per heavy atom. The maximum Gasteiger partial charge on any atom is 0.322 e. The lowest BCUT2D eigenvalue weighted by molar-refractivity contribution is -0.149. The molecule has 1 aliphatic rings. The van der Waals surface area contributed by atoms with E-state index < -0.39 is 0 Å². The quantitative estimate of drug-likeness (QED) is 0.782. The largest absolute Gasteiger partial charge is 0.468 e. The van der Waals surface area contributed by atoms with Crippen molar-refractivity contribution in [1.29, 1.82) is 0 Å². The standard InChI is InChI=1S/C14H18FNO3/c1-10(14(17)18-2)16-7-8-19-13(9-16)11-3-5-12(15)6-4-11/h3-6,10,13H,7-9H2,1-2H3/t10-,13-/m1/s1. The topological polar surface area (TPSA) is 38.8 Å². The van der Waals surface area contributed by atoms with Gasteiger partial charge in [-0.2, -0.15) is 0 Å². The highest BCUT2D eigenvalue weighted by atomic mass is 19.1. The van der Waals surface area contributed by atoms with Gasteiger partial charge in [0.1, 0.15) is 11.9 Å². The van der Waals surface area contributed by atoms with Crippen LogP contribution in [-0.4, -0.2) is 43.7 Å². The van der Waals surface area contributed by atoms with Gasteiger partial charge in [0.25, 0.3) is 0 Å². The summed E-state index contributed by atoms with van der Waals surface area (Å²) in [7, 11) is 1.39. The smallest absolute Gasteiger partial charge is 0.322 e. The second-order valence-electron chi connectivity index (χ2n) is 4.61. The van der Waals surface area contributed by atoms with Crippen LogP contribution < -0.4 is 0 Å². The highest BCUT2D eigenvalue weighted by Crippen LogP contribution is 2.23. The zero-order chi connectivity index (χ0) is 13.8. The Balaban J connectivity index is 2.04. The molecule has 0 aromatic heterocycles. The molecule has 0 N–H and O–H groups in total. The second kappa shape index (κ2) is 6.12. The van der Waals surface area contributed by atoms with Crippen LogP contribution >= 0.6 is 0 Å². The van der Waals surface area contributed by atoms with Crippen LogP contribution in [0.3, 0.4) is 0 Å². The molecule has 0 amide bonds. The average molecular weight is 267 g/mol. The predicted molar refractivity (Wildman–Crippen MR) is 68.1 cm³/mol. The van der Waals surface area contributed by atoms with E-state index in [1.807, 2.05) is 11.8 Å². The molecule has 1 aromatic rings. The Morgan fingerprint density at radius 2 is 2.16 bits per heavy atom. The molecule has 19 heavy (non-hydrogen) atoms. The monoisotopic (exact) mass is 267 g/mol. The van der Waals surface area contributed by atoms with Crippen molar-refractivity contribution in [2.24, 2.45) is 0 Å². The lowest BCUT2D eigenvalue weighted by atomic mass is 10.1. The summed E-state index contributed by atoms with van der Waals surface area (Å²) in [5.41, 5.74) is 0.920. The van der Waals surface area contributed by atoms with Gasteiger partial charge in [-0.25, -0.2) is 4.39 Å². The first kappa shape index (κ1) is 14.0. The van der Waals surface area contributed by atoms with E-state index in [4.69, 9.17) is 9.47 Å². The fraction of sp³-hybridized carbons (Fsp3) is 0.500. The van der Waals surface area contributed by atoms with Crippen molar-refractivity contribution in [1.82, 2.24) is 4.90 Å². The third-order valence-electron chi connectivity index (χ3n) is 3.43. The van der Waals surface area contributed by atoms with E-state index in [1.54, 1.807) is 12.1 Å². The Morgan fingerprint density at radius 1 is 1.47 bits per heavy atom. The Labute approximate surface area is 112 Å². The molecular weight excluding hydrogens is 249 g/mol. The van der Waals surface area contributed by atoms with Crippen molar-refractivity contribution in [3.63, 3.8) is 0 Å². The van der Waals surface area contributed by atoms with Crippen LogP contribution in [0.2, 0.25) is 0 Å². The molecule has 0 spiro atoms. The van der Waals surface area contributed by atoms with Gasteiger partial charge in [0.05, 0.1) is 19.8 Å². The van der Waals surface area contributed by atoms with Crippen LogP contribution in [0.15, 0.2) is 24.3 Å². The van der Waals surface area contributed by atoms with Crippen molar-refractivity contribution in [3.8, 4) is 0 Å². The number of hydrogen-bond donors (Lipinski definition) is 0. The molecule has 1 heterocycles. The highest BCUT2D eigenvalue weighted by molar-refractivity contribution is 5.75. The Bertz CT molecular complexity index is 435. The zero-order valence-electron chi connectivity index (χ0n) is 11.1. The molecule has 5 heteroatoms. The summed E-state index contributed by atoms with van der Waals surface area (Å²) < 4.78 is 23.3. The fourth-order valence-electron chi connectivity index (χ4n) is 2.22. The summed E-state index contributed by atoms with van der Waals surface area (Å²) in [6, 6.07) is 5.97. The number of morpholine rings is 1. The average Bonchev–Trinajstić information content (AvgIpc) is 2.46. The summed E-state index contributed by atoms with van der Waals surface area (Å²) >= 11 is 0.